The highest BCUT2D eigenvalue weighted by atomic mass is 35.5. The second kappa shape index (κ2) is 6.78. The van der Waals surface area contributed by atoms with Gasteiger partial charge in [-0.25, -0.2) is 4.98 Å². The molecule has 0 unspecified atom stereocenters. The highest BCUT2D eigenvalue weighted by Crippen LogP contribution is 2.37. The molecule has 8 heteroatoms. The first kappa shape index (κ1) is 16.7. The van der Waals surface area contributed by atoms with E-state index in [1.165, 1.54) is 27.7 Å². The van der Waals surface area contributed by atoms with Crippen LogP contribution in [0.5, 0.6) is 0 Å². The number of rotatable bonds is 3. The number of hydrogen-bond acceptors (Lipinski definition) is 5. The van der Waals surface area contributed by atoms with Crippen molar-refractivity contribution < 1.29 is 9.59 Å². The Balaban J connectivity index is 2.08. The van der Waals surface area contributed by atoms with Crippen LogP contribution in [0.4, 0.5) is 5.82 Å². The van der Waals surface area contributed by atoms with Gasteiger partial charge in [0.1, 0.15) is 16.4 Å². The maximum Gasteiger partial charge on any atom is 0.248 e. The first-order valence-corrected chi connectivity index (χ1v) is 8.70. The highest BCUT2D eigenvalue weighted by molar-refractivity contribution is 8.14. The van der Waals surface area contributed by atoms with Gasteiger partial charge in [0.05, 0.1) is 0 Å². The summed E-state index contributed by atoms with van der Waals surface area (Å²) in [6.07, 6.45) is 2.08. The van der Waals surface area contributed by atoms with Crippen molar-refractivity contribution in [2.45, 2.75) is 31.7 Å². The number of hydrazone groups is 1. The minimum absolute atomic E-state index is 0.0856. The van der Waals surface area contributed by atoms with Gasteiger partial charge in [-0.3, -0.25) is 14.2 Å². The van der Waals surface area contributed by atoms with Gasteiger partial charge in [-0.2, -0.15) is 10.1 Å². The summed E-state index contributed by atoms with van der Waals surface area (Å²) in [5.41, 5.74) is 0.820. The van der Waals surface area contributed by atoms with Crippen LogP contribution in [0.2, 0.25) is 5.02 Å². The van der Waals surface area contributed by atoms with Gasteiger partial charge in [0.15, 0.2) is 5.82 Å². The molecule has 2 heterocycles. The first-order chi connectivity index (χ1) is 11.5. The molecular formula is C16H15ClN4O2S. The number of halogens is 1. The van der Waals surface area contributed by atoms with E-state index in [2.05, 4.69) is 10.1 Å². The van der Waals surface area contributed by atoms with Crippen molar-refractivity contribution in [3.63, 3.8) is 0 Å². The lowest BCUT2D eigenvalue weighted by molar-refractivity contribution is -0.118. The molecule has 0 atom stereocenters. The lowest BCUT2D eigenvalue weighted by Crippen LogP contribution is -2.29. The lowest BCUT2D eigenvalue weighted by Gasteiger charge is -2.22. The second-order valence-electron chi connectivity index (χ2n) is 5.06. The van der Waals surface area contributed by atoms with Crippen LogP contribution >= 0.6 is 23.4 Å². The Kier molecular flexibility index (Phi) is 4.73. The van der Waals surface area contributed by atoms with Crippen molar-refractivity contribution >= 4 is 46.0 Å². The number of thioether (sulfide) groups is 1. The fraction of sp³-hybridized carbons (Fsp3) is 0.250. The number of aromatic nitrogens is 2. The normalized spacial score (nSPS) is 13.5. The average molecular weight is 363 g/mol. The van der Waals surface area contributed by atoms with Crippen LogP contribution in [0.25, 0.3) is 0 Å². The highest BCUT2D eigenvalue weighted by Gasteiger charge is 2.30. The molecular weight excluding hydrogens is 348 g/mol. The molecule has 0 N–H and O–H groups in total. The Labute approximate surface area is 148 Å². The lowest BCUT2D eigenvalue weighted by atomic mass is 10.2. The Hall–Kier alpha value is -2.12. The van der Waals surface area contributed by atoms with E-state index in [9.17, 15) is 9.59 Å². The van der Waals surface area contributed by atoms with Crippen molar-refractivity contribution in [1.29, 1.82) is 0 Å². The van der Waals surface area contributed by atoms with E-state index < -0.39 is 0 Å². The molecule has 0 saturated carbocycles. The van der Waals surface area contributed by atoms with Gasteiger partial charge in [0, 0.05) is 23.4 Å². The summed E-state index contributed by atoms with van der Waals surface area (Å²) in [7, 11) is 0. The molecule has 1 aliphatic heterocycles. The zero-order valence-corrected chi connectivity index (χ0v) is 14.8. The summed E-state index contributed by atoms with van der Waals surface area (Å²) in [6.45, 7) is 3.54. The molecule has 0 saturated heterocycles. The predicted octanol–water partition coefficient (Wildman–Crippen LogP) is 3.80. The van der Waals surface area contributed by atoms with Crippen LogP contribution in [0.3, 0.4) is 0 Å². The van der Waals surface area contributed by atoms with E-state index >= 15 is 0 Å². The number of fused-ring (bicyclic) bond motifs is 1. The van der Waals surface area contributed by atoms with E-state index in [0.29, 0.717) is 27.3 Å². The Morgan fingerprint density at radius 2 is 1.79 bits per heavy atom. The predicted molar refractivity (Wildman–Crippen MR) is 94.8 cm³/mol. The van der Waals surface area contributed by atoms with Crippen LogP contribution in [0.1, 0.15) is 37.0 Å². The quantitative estimate of drug-likeness (QED) is 0.832. The maximum atomic E-state index is 12.3. The summed E-state index contributed by atoms with van der Waals surface area (Å²) in [5.74, 6) is 0.126. The molecule has 0 radical (unpaired) electrons. The largest absolute Gasteiger partial charge is 0.274 e. The molecule has 0 spiro atoms. The van der Waals surface area contributed by atoms with E-state index in [1.807, 2.05) is 12.1 Å². The molecule has 24 heavy (non-hydrogen) atoms. The average Bonchev–Trinajstić information content (AvgIpc) is 3.04. The van der Waals surface area contributed by atoms with Crippen LogP contribution in [0, 0.1) is 0 Å². The molecule has 124 valence electrons. The monoisotopic (exact) mass is 362 g/mol. The van der Waals surface area contributed by atoms with Crippen molar-refractivity contribution in [1.82, 2.24) is 9.55 Å². The molecule has 6 nitrogen and oxygen atoms in total. The summed E-state index contributed by atoms with van der Waals surface area (Å²) < 4.78 is 1.47. The number of imidazole rings is 1. The van der Waals surface area contributed by atoms with Gasteiger partial charge in [-0.05, 0) is 23.9 Å². The Morgan fingerprint density at radius 3 is 2.42 bits per heavy atom. The first-order valence-electron chi connectivity index (χ1n) is 7.51. The number of hydrogen-bond donors (Lipinski definition) is 0. The van der Waals surface area contributed by atoms with Gasteiger partial charge in [-0.1, -0.05) is 37.6 Å². The van der Waals surface area contributed by atoms with E-state index in [4.69, 9.17) is 11.6 Å². The summed E-state index contributed by atoms with van der Waals surface area (Å²) in [5, 5.41) is 7.54. The number of amides is 1. The zero-order valence-electron chi connectivity index (χ0n) is 13.2. The van der Waals surface area contributed by atoms with Crippen LogP contribution in [0.15, 0.2) is 40.7 Å². The fourth-order valence-electron chi connectivity index (χ4n) is 2.20. The number of carbonyl (C=O) groups is 2. The zero-order chi connectivity index (χ0) is 17.3. The molecule has 0 fully saturated rings. The van der Waals surface area contributed by atoms with Gasteiger partial charge in [0.25, 0.3) is 0 Å². The molecule has 0 aliphatic carbocycles. The van der Waals surface area contributed by atoms with E-state index in [1.54, 1.807) is 26.0 Å². The third-order valence-corrected chi connectivity index (χ3v) is 4.83. The molecule has 0 bridgehead atoms. The summed E-state index contributed by atoms with van der Waals surface area (Å²) in [4.78, 5) is 28.6. The van der Waals surface area contributed by atoms with Crippen LogP contribution < -0.4 is 5.01 Å². The van der Waals surface area contributed by atoms with Crippen molar-refractivity contribution in [2.75, 3.05) is 5.01 Å². The topological polar surface area (TPSA) is 67.6 Å². The third-order valence-electron chi connectivity index (χ3n) is 3.49. The minimum atomic E-state index is -0.183. The van der Waals surface area contributed by atoms with Gasteiger partial charge < -0.3 is 0 Å². The van der Waals surface area contributed by atoms with Gasteiger partial charge in [0.2, 0.25) is 11.8 Å². The standard InChI is InChI=1S/C16H15ClN4O2S/c1-3-12(22)20-9-18-14-16(20)24-15(19-21(14)13(23)4-2)10-5-7-11(17)8-6-10/h5-9H,3-4H2,1-2H3. The number of benzene rings is 1. The summed E-state index contributed by atoms with van der Waals surface area (Å²) >= 11 is 7.25. The molecule has 1 amide bonds. The van der Waals surface area contributed by atoms with Crippen LogP contribution in [-0.4, -0.2) is 26.4 Å². The Bertz CT molecular complexity index is 829. The van der Waals surface area contributed by atoms with Gasteiger partial charge in [-0.15, -0.1) is 0 Å². The minimum Gasteiger partial charge on any atom is -0.274 e. The van der Waals surface area contributed by atoms with Crippen molar-refractivity contribution in [2.24, 2.45) is 5.10 Å². The number of anilines is 1. The second-order valence-corrected chi connectivity index (χ2v) is 6.48. The van der Waals surface area contributed by atoms with Crippen molar-refractivity contribution in [3.8, 4) is 0 Å². The number of carbonyl (C=O) groups excluding carboxylic acids is 2. The van der Waals surface area contributed by atoms with E-state index in [0.717, 1.165) is 5.56 Å². The summed E-state index contributed by atoms with van der Waals surface area (Å²) in [6, 6.07) is 7.18. The molecule has 1 aromatic carbocycles. The van der Waals surface area contributed by atoms with E-state index in [-0.39, 0.29) is 18.2 Å². The van der Waals surface area contributed by atoms with Crippen molar-refractivity contribution in [3.05, 3.63) is 41.2 Å². The van der Waals surface area contributed by atoms with Crippen LogP contribution in [-0.2, 0) is 4.79 Å². The molecule has 1 aliphatic rings. The van der Waals surface area contributed by atoms with Gasteiger partial charge >= 0.3 is 0 Å². The molecule has 2 aromatic rings. The SMILES string of the molecule is CCC(=O)N1N=C(c2ccc(Cl)cc2)Sc2c1ncn2C(=O)CC. The Morgan fingerprint density at radius 1 is 1.12 bits per heavy atom. The fourth-order valence-corrected chi connectivity index (χ4v) is 3.36. The molecule has 1 aromatic heterocycles. The smallest absolute Gasteiger partial charge is 0.248 e. The maximum absolute atomic E-state index is 12.3. The molecule has 3 rings (SSSR count). The third kappa shape index (κ3) is 2.97. The number of nitrogens with zero attached hydrogens (tertiary/aromatic N) is 4.